The molecule has 1 saturated heterocycles. The standard InChI is InChI=1S/C17H21NO4S/c1-17(2,3)22-16(20)18-13-4-11(5-14(18)9-21-8-13)12-6-15(7-19)23-10-12/h4,6-7,10,13-14H,5,8-9H2,1-3H3. The number of carbonyl (C=O) groups is 2. The van der Waals surface area contributed by atoms with Crippen LogP contribution in [0.25, 0.3) is 5.57 Å². The van der Waals surface area contributed by atoms with Gasteiger partial charge in [0.2, 0.25) is 0 Å². The molecule has 0 N–H and O–H groups in total. The molecule has 124 valence electrons. The van der Waals surface area contributed by atoms with Gasteiger partial charge in [-0.25, -0.2) is 4.79 Å². The zero-order valence-electron chi connectivity index (χ0n) is 13.6. The van der Waals surface area contributed by atoms with Gasteiger partial charge >= 0.3 is 6.09 Å². The first-order valence-corrected chi connectivity index (χ1v) is 8.59. The van der Waals surface area contributed by atoms with E-state index in [0.29, 0.717) is 19.6 Å². The lowest BCUT2D eigenvalue weighted by Gasteiger charge is -2.44. The number of hydrogen-bond donors (Lipinski definition) is 0. The molecule has 1 fully saturated rings. The lowest BCUT2D eigenvalue weighted by molar-refractivity contribution is -0.0510. The molecule has 0 saturated carbocycles. The normalized spacial score (nSPS) is 24.1. The van der Waals surface area contributed by atoms with Crippen LogP contribution in [0.5, 0.6) is 0 Å². The Bertz CT molecular complexity index is 643. The zero-order chi connectivity index (χ0) is 16.6. The molecule has 5 nitrogen and oxygen atoms in total. The Morgan fingerprint density at radius 1 is 1.43 bits per heavy atom. The van der Waals surface area contributed by atoms with Crippen molar-refractivity contribution in [3.8, 4) is 0 Å². The fraction of sp³-hybridized carbons (Fsp3) is 0.529. The van der Waals surface area contributed by atoms with Crippen LogP contribution in [0.15, 0.2) is 17.5 Å². The van der Waals surface area contributed by atoms with E-state index in [4.69, 9.17) is 9.47 Å². The highest BCUT2D eigenvalue weighted by molar-refractivity contribution is 7.11. The number of ether oxygens (including phenoxy) is 2. The molecule has 2 atom stereocenters. The molecule has 3 rings (SSSR count). The molecule has 2 unspecified atom stereocenters. The number of rotatable bonds is 2. The fourth-order valence-corrected chi connectivity index (χ4v) is 3.73. The molecule has 1 amide bonds. The van der Waals surface area contributed by atoms with Crippen molar-refractivity contribution in [2.45, 2.75) is 44.9 Å². The molecule has 6 heteroatoms. The molecule has 0 radical (unpaired) electrons. The number of carbonyl (C=O) groups excluding carboxylic acids is 2. The lowest BCUT2D eigenvalue weighted by Crippen LogP contribution is -2.57. The Hall–Kier alpha value is -1.66. The molecule has 2 aliphatic heterocycles. The molecular weight excluding hydrogens is 314 g/mol. The molecule has 2 aliphatic rings. The number of amides is 1. The van der Waals surface area contributed by atoms with E-state index >= 15 is 0 Å². The van der Waals surface area contributed by atoms with Crippen LogP contribution >= 0.6 is 11.3 Å². The quantitative estimate of drug-likeness (QED) is 0.778. The van der Waals surface area contributed by atoms with E-state index in [1.54, 1.807) is 4.90 Å². The molecule has 1 aromatic heterocycles. The third kappa shape index (κ3) is 3.48. The van der Waals surface area contributed by atoms with Gasteiger partial charge in [-0.3, -0.25) is 9.69 Å². The second kappa shape index (κ2) is 6.09. The molecule has 0 aliphatic carbocycles. The monoisotopic (exact) mass is 335 g/mol. The van der Waals surface area contributed by atoms with E-state index in [-0.39, 0.29) is 18.2 Å². The van der Waals surface area contributed by atoms with Gasteiger partial charge in [0.1, 0.15) is 5.60 Å². The Labute approximate surface area is 139 Å². The molecule has 3 heterocycles. The summed E-state index contributed by atoms with van der Waals surface area (Å²) in [7, 11) is 0. The number of morpholine rings is 1. The van der Waals surface area contributed by atoms with Crippen molar-refractivity contribution in [3.05, 3.63) is 28.0 Å². The summed E-state index contributed by atoms with van der Waals surface area (Å²) in [5.74, 6) is 0. The molecule has 0 spiro atoms. The van der Waals surface area contributed by atoms with Gasteiger partial charge in [0.05, 0.1) is 30.2 Å². The third-order valence-electron chi connectivity index (χ3n) is 3.91. The van der Waals surface area contributed by atoms with Gasteiger partial charge in [-0.1, -0.05) is 6.08 Å². The summed E-state index contributed by atoms with van der Waals surface area (Å²) in [6.07, 6.45) is 3.36. The van der Waals surface area contributed by atoms with Crippen molar-refractivity contribution in [1.82, 2.24) is 4.90 Å². The van der Waals surface area contributed by atoms with Crippen LogP contribution in [0, 0.1) is 0 Å². The Morgan fingerprint density at radius 2 is 2.22 bits per heavy atom. The summed E-state index contributed by atoms with van der Waals surface area (Å²) in [5.41, 5.74) is 1.73. The summed E-state index contributed by atoms with van der Waals surface area (Å²) in [6, 6.07) is 1.76. The maximum absolute atomic E-state index is 12.5. The average molecular weight is 335 g/mol. The first-order valence-electron chi connectivity index (χ1n) is 7.71. The number of fused-ring (bicyclic) bond motifs is 2. The van der Waals surface area contributed by atoms with Crippen molar-refractivity contribution in [3.63, 3.8) is 0 Å². The van der Waals surface area contributed by atoms with Gasteiger partial charge in [0.25, 0.3) is 0 Å². The van der Waals surface area contributed by atoms with Crippen molar-refractivity contribution in [1.29, 1.82) is 0 Å². The van der Waals surface area contributed by atoms with Crippen LogP contribution in [-0.4, -0.2) is 48.2 Å². The van der Waals surface area contributed by atoms with Crippen LogP contribution in [0.4, 0.5) is 4.79 Å². The largest absolute Gasteiger partial charge is 0.444 e. The smallest absolute Gasteiger partial charge is 0.411 e. The second-order valence-corrected chi connectivity index (χ2v) is 7.84. The van der Waals surface area contributed by atoms with Crippen molar-refractivity contribution in [2.24, 2.45) is 0 Å². The second-order valence-electron chi connectivity index (χ2n) is 6.90. The Balaban J connectivity index is 1.84. The van der Waals surface area contributed by atoms with Crippen LogP contribution in [-0.2, 0) is 9.47 Å². The van der Waals surface area contributed by atoms with E-state index in [2.05, 4.69) is 6.08 Å². The van der Waals surface area contributed by atoms with Crippen LogP contribution in [0.3, 0.4) is 0 Å². The molecule has 2 bridgehead atoms. The Morgan fingerprint density at radius 3 is 2.83 bits per heavy atom. The minimum Gasteiger partial charge on any atom is -0.444 e. The maximum Gasteiger partial charge on any atom is 0.411 e. The van der Waals surface area contributed by atoms with Crippen molar-refractivity contribution >= 4 is 29.3 Å². The van der Waals surface area contributed by atoms with Crippen molar-refractivity contribution in [2.75, 3.05) is 13.2 Å². The SMILES string of the molecule is CC(C)(C)OC(=O)N1C2C=C(c3csc(C=O)c3)CC1COC2. The van der Waals surface area contributed by atoms with Gasteiger partial charge in [0.15, 0.2) is 6.29 Å². The van der Waals surface area contributed by atoms with Gasteiger partial charge in [-0.2, -0.15) is 0 Å². The first-order chi connectivity index (χ1) is 10.9. The maximum atomic E-state index is 12.5. The summed E-state index contributed by atoms with van der Waals surface area (Å²) in [5, 5.41) is 2.00. The third-order valence-corrected chi connectivity index (χ3v) is 4.77. The summed E-state index contributed by atoms with van der Waals surface area (Å²) in [6.45, 7) is 6.60. The number of nitrogens with zero attached hydrogens (tertiary/aromatic N) is 1. The van der Waals surface area contributed by atoms with E-state index in [1.165, 1.54) is 16.9 Å². The Kier molecular flexibility index (Phi) is 4.29. The molecule has 1 aromatic rings. The number of thiophene rings is 1. The van der Waals surface area contributed by atoms with E-state index in [1.807, 2.05) is 32.2 Å². The zero-order valence-corrected chi connectivity index (χ0v) is 14.4. The summed E-state index contributed by atoms with van der Waals surface area (Å²) in [4.78, 5) is 25.9. The van der Waals surface area contributed by atoms with E-state index < -0.39 is 5.60 Å². The molecule has 23 heavy (non-hydrogen) atoms. The summed E-state index contributed by atoms with van der Waals surface area (Å²) < 4.78 is 11.1. The fourth-order valence-electron chi connectivity index (χ4n) is 2.99. The van der Waals surface area contributed by atoms with Gasteiger partial charge < -0.3 is 9.47 Å². The highest BCUT2D eigenvalue weighted by atomic mass is 32.1. The van der Waals surface area contributed by atoms with Gasteiger partial charge in [-0.15, -0.1) is 11.3 Å². The molecule has 0 aromatic carbocycles. The predicted octanol–water partition coefficient (Wildman–Crippen LogP) is 3.35. The van der Waals surface area contributed by atoms with Gasteiger partial charge in [-0.05, 0) is 49.8 Å². The van der Waals surface area contributed by atoms with Crippen LogP contribution in [0.2, 0.25) is 0 Å². The number of aldehydes is 1. The minimum absolute atomic E-state index is 0.0248. The summed E-state index contributed by atoms with van der Waals surface area (Å²) >= 11 is 1.44. The average Bonchev–Trinajstić information content (AvgIpc) is 2.92. The van der Waals surface area contributed by atoms with Crippen LogP contribution in [0.1, 0.15) is 42.4 Å². The highest BCUT2D eigenvalue weighted by Crippen LogP contribution is 2.34. The van der Waals surface area contributed by atoms with Gasteiger partial charge in [0, 0.05) is 0 Å². The lowest BCUT2D eigenvalue weighted by atomic mass is 9.91. The van der Waals surface area contributed by atoms with Crippen LogP contribution < -0.4 is 0 Å². The van der Waals surface area contributed by atoms with E-state index in [0.717, 1.165) is 16.7 Å². The first kappa shape index (κ1) is 16.2. The molecular formula is C17H21NO4S. The van der Waals surface area contributed by atoms with E-state index in [9.17, 15) is 9.59 Å². The topological polar surface area (TPSA) is 55.8 Å². The van der Waals surface area contributed by atoms with Crippen molar-refractivity contribution < 1.29 is 19.1 Å². The number of hydrogen-bond acceptors (Lipinski definition) is 5. The highest BCUT2D eigenvalue weighted by Gasteiger charge is 2.40. The minimum atomic E-state index is -0.511. The predicted molar refractivity (Wildman–Crippen MR) is 88.8 cm³/mol.